The molecular formula is C12H18N2O5. The van der Waals surface area contributed by atoms with Gasteiger partial charge in [0.2, 0.25) is 0 Å². The Balaban J connectivity index is 2.47. The Morgan fingerprint density at radius 2 is 1.68 bits per heavy atom. The van der Waals surface area contributed by atoms with Crippen molar-refractivity contribution >= 4 is 11.9 Å². The summed E-state index contributed by atoms with van der Waals surface area (Å²) in [5, 5.41) is 49.8. The molecule has 4 atom stereocenters. The number of hydrazone groups is 1. The zero-order valence-corrected chi connectivity index (χ0v) is 10.2. The molecule has 0 amide bonds. The van der Waals surface area contributed by atoms with Crippen LogP contribution in [0.3, 0.4) is 0 Å². The first-order chi connectivity index (χ1) is 9.06. The van der Waals surface area contributed by atoms with Crippen LogP contribution in [0, 0.1) is 0 Å². The van der Waals surface area contributed by atoms with Crippen LogP contribution >= 0.6 is 0 Å². The van der Waals surface area contributed by atoms with Crippen LogP contribution in [0.25, 0.3) is 0 Å². The van der Waals surface area contributed by atoms with Crippen LogP contribution in [0.5, 0.6) is 0 Å². The maximum atomic E-state index is 9.52. The summed E-state index contributed by atoms with van der Waals surface area (Å²) in [4.78, 5) is 0. The van der Waals surface area contributed by atoms with Gasteiger partial charge < -0.3 is 25.5 Å². The summed E-state index contributed by atoms with van der Waals surface area (Å²) in [6.07, 6.45) is -5.33. The second kappa shape index (κ2) is 7.82. The Hall–Kier alpha value is -1.51. The molecule has 0 spiro atoms. The first-order valence-electron chi connectivity index (χ1n) is 5.73. The third-order valence-electron chi connectivity index (χ3n) is 2.48. The lowest BCUT2D eigenvalue weighted by Crippen LogP contribution is -2.46. The van der Waals surface area contributed by atoms with Gasteiger partial charge in [0, 0.05) is 0 Å². The lowest BCUT2D eigenvalue weighted by molar-refractivity contribution is -0.0999. The molecule has 0 bridgehead atoms. The van der Waals surface area contributed by atoms with Crippen molar-refractivity contribution in [1.82, 2.24) is 0 Å². The topological polar surface area (TPSA) is 126 Å². The molecule has 6 N–H and O–H groups in total. The molecule has 106 valence electrons. The second-order valence-electron chi connectivity index (χ2n) is 3.98. The van der Waals surface area contributed by atoms with Gasteiger partial charge in [0.05, 0.1) is 18.5 Å². The Morgan fingerprint density at radius 3 is 2.26 bits per heavy atom. The highest BCUT2D eigenvalue weighted by atomic mass is 16.4. The van der Waals surface area contributed by atoms with E-state index >= 15 is 0 Å². The average Bonchev–Trinajstić information content (AvgIpc) is 2.45. The van der Waals surface area contributed by atoms with Gasteiger partial charge in [-0.3, -0.25) is 5.43 Å². The van der Waals surface area contributed by atoms with Gasteiger partial charge in [0.15, 0.2) is 0 Å². The summed E-state index contributed by atoms with van der Waals surface area (Å²) in [6.45, 7) is -0.718. The van der Waals surface area contributed by atoms with E-state index in [4.69, 9.17) is 10.2 Å². The Kier molecular flexibility index (Phi) is 6.40. The summed E-state index contributed by atoms with van der Waals surface area (Å²) in [5.74, 6) is 0. The van der Waals surface area contributed by atoms with Crippen molar-refractivity contribution < 1.29 is 25.5 Å². The standard InChI is InChI=1S/C12H18N2O5/c15-7-10(17)12(19)11(18)9(16)6-13-14-8-4-2-1-3-5-8/h1-6,9-12,14-19H,7H2. The van der Waals surface area contributed by atoms with E-state index in [1.54, 1.807) is 24.3 Å². The molecular weight excluding hydrogens is 252 g/mol. The molecule has 0 heterocycles. The molecule has 1 aromatic carbocycles. The fraction of sp³-hybridized carbons (Fsp3) is 0.417. The molecule has 0 saturated carbocycles. The fourth-order valence-electron chi connectivity index (χ4n) is 1.33. The first kappa shape index (κ1) is 15.5. The molecule has 0 aliphatic heterocycles. The van der Waals surface area contributed by atoms with Gasteiger partial charge in [-0.2, -0.15) is 5.10 Å². The summed E-state index contributed by atoms with van der Waals surface area (Å²) in [6, 6.07) is 8.93. The van der Waals surface area contributed by atoms with Gasteiger partial charge >= 0.3 is 0 Å². The minimum absolute atomic E-state index is 0.691. The third-order valence-corrected chi connectivity index (χ3v) is 2.48. The van der Waals surface area contributed by atoms with Crippen molar-refractivity contribution in [3.05, 3.63) is 30.3 Å². The van der Waals surface area contributed by atoms with Crippen molar-refractivity contribution in [2.24, 2.45) is 5.10 Å². The van der Waals surface area contributed by atoms with Gasteiger partial charge in [0.25, 0.3) is 0 Å². The van der Waals surface area contributed by atoms with Crippen LogP contribution in [0.2, 0.25) is 0 Å². The molecule has 0 aliphatic carbocycles. The third kappa shape index (κ3) is 4.93. The van der Waals surface area contributed by atoms with Crippen LogP contribution in [0.15, 0.2) is 35.4 Å². The van der Waals surface area contributed by atoms with Crippen molar-refractivity contribution in [2.75, 3.05) is 12.0 Å². The molecule has 4 unspecified atom stereocenters. The molecule has 7 heteroatoms. The molecule has 7 nitrogen and oxygen atoms in total. The number of nitrogens with one attached hydrogen (secondary N) is 1. The van der Waals surface area contributed by atoms with Crippen molar-refractivity contribution in [1.29, 1.82) is 0 Å². The summed E-state index contributed by atoms with van der Waals surface area (Å²) in [5.41, 5.74) is 3.31. The maximum absolute atomic E-state index is 9.52. The zero-order chi connectivity index (χ0) is 14.3. The summed E-state index contributed by atoms with van der Waals surface area (Å²) >= 11 is 0. The van der Waals surface area contributed by atoms with E-state index in [2.05, 4.69) is 10.5 Å². The Labute approximate surface area is 110 Å². The quantitative estimate of drug-likeness (QED) is 0.265. The maximum Gasteiger partial charge on any atom is 0.119 e. The van der Waals surface area contributed by atoms with Crippen molar-refractivity contribution in [3.8, 4) is 0 Å². The first-order valence-corrected chi connectivity index (χ1v) is 5.73. The smallest absolute Gasteiger partial charge is 0.119 e. The predicted molar refractivity (Wildman–Crippen MR) is 69.7 cm³/mol. The number of benzene rings is 1. The molecule has 0 fully saturated rings. The summed E-state index contributed by atoms with van der Waals surface area (Å²) in [7, 11) is 0. The largest absolute Gasteiger partial charge is 0.394 e. The molecule has 19 heavy (non-hydrogen) atoms. The van der Waals surface area contributed by atoms with Crippen molar-refractivity contribution in [3.63, 3.8) is 0 Å². The molecule has 0 aromatic heterocycles. The predicted octanol–water partition coefficient (Wildman–Crippen LogP) is -1.48. The van der Waals surface area contributed by atoms with Gasteiger partial charge in [0.1, 0.15) is 24.4 Å². The van der Waals surface area contributed by atoms with E-state index < -0.39 is 31.0 Å². The van der Waals surface area contributed by atoms with Crippen LogP contribution in [-0.2, 0) is 0 Å². The molecule has 1 rings (SSSR count). The number of nitrogens with zero attached hydrogens (tertiary/aromatic N) is 1. The monoisotopic (exact) mass is 270 g/mol. The lowest BCUT2D eigenvalue weighted by atomic mass is 10.0. The number of aliphatic hydroxyl groups excluding tert-OH is 5. The SMILES string of the molecule is OCC(O)C(O)C(O)C(O)C=NNc1ccccc1. The van der Waals surface area contributed by atoms with E-state index in [0.717, 1.165) is 6.21 Å². The van der Waals surface area contributed by atoms with Crippen LogP contribution in [0.1, 0.15) is 0 Å². The zero-order valence-electron chi connectivity index (χ0n) is 10.2. The van der Waals surface area contributed by atoms with E-state index in [1.807, 2.05) is 6.07 Å². The normalized spacial score (nSPS) is 17.9. The number of hydrogen-bond acceptors (Lipinski definition) is 7. The highest BCUT2D eigenvalue weighted by Crippen LogP contribution is 2.06. The number of hydrogen-bond donors (Lipinski definition) is 6. The van der Waals surface area contributed by atoms with Gasteiger partial charge in [-0.25, -0.2) is 0 Å². The minimum atomic E-state index is -1.66. The van der Waals surface area contributed by atoms with Gasteiger partial charge in [-0.1, -0.05) is 18.2 Å². The minimum Gasteiger partial charge on any atom is -0.394 e. The highest BCUT2D eigenvalue weighted by Gasteiger charge is 2.29. The molecule has 0 aliphatic rings. The number of para-hydroxylation sites is 1. The Bertz CT molecular complexity index is 387. The van der Waals surface area contributed by atoms with E-state index in [9.17, 15) is 15.3 Å². The van der Waals surface area contributed by atoms with Crippen LogP contribution in [0.4, 0.5) is 5.69 Å². The van der Waals surface area contributed by atoms with Crippen LogP contribution < -0.4 is 5.43 Å². The van der Waals surface area contributed by atoms with E-state index in [-0.39, 0.29) is 0 Å². The average molecular weight is 270 g/mol. The van der Waals surface area contributed by atoms with Crippen LogP contribution in [-0.4, -0.2) is 62.8 Å². The van der Waals surface area contributed by atoms with Gasteiger partial charge in [-0.05, 0) is 12.1 Å². The van der Waals surface area contributed by atoms with Gasteiger partial charge in [-0.15, -0.1) is 0 Å². The Morgan fingerprint density at radius 1 is 1.05 bits per heavy atom. The van der Waals surface area contributed by atoms with E-state index in [1.165, 1.54) is 0 Å². The van der Waals surface area contributed by atoms with E-state index in [0.29, 0.717) is 5.69 Å². The van der Waals surface area contributed by atoms with Crippen molar-refractivity contribution in [2.45, 2.75) is 24.4 Å². The number of anilines is 1. The molecule has 0 radical (unpaired) electrons. The highest BCUT2D eigenvalue weighted by molar-refractivity contribution is 5.65. The number of rotatable bonds is 7. The number of aliphatic hydroxyl groups is 5. The second-order valence-corrected chi connectivity index (χ2v) is 3.98. The molecule has 0 saturated heterocycles. The molecule has 1 aromatic rings. The lowest BCUT2D eigenvalue weighted by Gasteiger charge is -2.23. The summed E-state index contributed by atoms with van der Waals surface area (Å²) < 4.78 is 0. The fourth-order valence-corrected chi connectivity index (χ4v) is 1.33.